The van der Waals surface area contributed by atoms with Crippen LogP contribution in [0.1, 0.15) is 30.9 Å². The van der Waals surface area contributed by atoms with Crippen LogP contribution in [0, 0.1) is 0 Å². The molecule has 2 atom stereocenters. The summed E-state index contributed by atoms with van der Waals surface area (Å²) in [6, 6.07) is 17.2. The zero-order valence-corrected chi connectivity index (χ0v) is 14.1. The van der Waals surface area contributed by atoms with Crippen molar-refractivity contribution in [1.29, 1.82) is 0 Å². The summed E-state index contributed by atoms with van der Waals surface area (Å²) < 4.78 is 5.78. The molecule has 0 aliphatic heterocycles. The smallest absolute Gasteiger partial charge is 0.115 e. The van der Waals surface area contributed by atoms with Crippen LogP contribution in [0.5, 0.6) is 5.75 Å². The Hall–Kier alpha value is -2.10. The van der Waals surface area contributed by atoms with Crippen LogP contribution in [-0.4, -0.2) is 29.0 Å². The van der Waals surface area contributed by atoms with E-state index in [9.17, 15) is 10.2 Å². The molecule has 0 aromatic heterocycles. The molecule has 0 aliphatic carbocycles. The van der Waals surface area contributed by atoms with E-state index in [1.54, 1.807) is 18.2 Å². The fourth-order valence-corrected chi connectivity index (χ4v) is 2.63. The number of aliphatic hydroxyl groups is 1. The molecule has 2 unspecified atom stereocenters. The van der Waals surface area contributed by atoms with Crippen molar-refractivity contribution < 1.29 is 14.9 Å². The Labute approximate surface area is 144 Å². The summed E-state index contributed by atoms with van der Waals surface area (Å²) in [6.07, 6.45) is 5.54. The summed E-state index contributed by atoms with van der Waals surface area (Å²) in [4.78, 5) is 0. The van der Waals surface area contributed by atoms with E-state index in [-0.39, 0.29) is 11.9 Å². The van der Waals surface area contributed by atoms with Gasteiger partial charge >= 0.3 is 0 Å². The summed E-state index contributed by atoms with van der Waals surface area (Å²) in [5.41, 5.74) is 2.24. The van der Waals surface area contributed by atoms with Gasteiger partial charge in [-0.05, 0) is 43.0 Å². The standard InChI is InChI=1S/C21H26O3/c1-2-24-21(15-11-17-6-4-3-5-7-17)16-20(23)14-10-18-8-12-19(22)13-9-18/h3-10,12-14,20-23H,2,11,15-16H2,1H3. The van der Waals surface area contributed by atoms with Crippen LogP contribution >= 0.6 is 0 Å². The molecule has 0 bridgehead atoms. The lowest BCUT2D eigenvalue weighted by Crippen LogP contribution is -2.20. The molecule has 3 heteroatoms. The number of ether oxygens (including phenoxy) is 1. The quantitative estimate of drug-likeness (QED) is 0.726. The van der Waals surface area contributed by atoms with Crippen molar-refractivity contribution in [3.63, 3.8) is 0 Å². The van der Waals surface area contributed by atoms with Crippen LogP contribution in [0.4, 0.5) is 0 Å². The molecule has 24 heavy (non-hydrogen) atoms. The molecule has 3 nitrogen and oxygen atoms in total. The van der Waals surface area contributed by atoms with E-state index < -0.39 is 6.10 Å². The average molecular weight is 326 g/mol. The molecule has 0 fully saturated rings. The lowest BCUT2D eigenvalue weighted by atomic mass is 10.0. The molecular weight excluding hydrogens is 300 g/mol. The van der Waals surface area contributed by atoms with Crippen LogP contribution in [0.2, 0.25) is 0 Å². The first-order chi connectivity index (χ1) is 11.7. The number of benzene rings is 2. The Morgan fingerprint density at radius 1 is 1.04 bits per heavy atom. The topological polar surface area (TPSA) is 49.7 Å². The zero-order chi connectivity index (χ0) is 17.2. The molecule has 0 spiro atoms. The number of aliphatic hydroxyl groups excluding tert-OH is 1. The second kappa shape index (κ2) is 9.91. The van der Waals surface area contributed by atoms with Crippen LogP contribution in [-0.2, 0) is 11.2 Å². The van der Waals surface area contributed by atoms with Gasteiger partial charge in [0.15, 0.2) is 0 Å². The minimum Gasteiger partial charge on any atom is -0.508 e. The third kappa shape index (κ3) is 6.57. The Balaban J connectivity index is 1.85. The molecule has 0 radical (unpaired) electrons. The van der Waals surface area contributed by atoms with Gasteiger partial charge in [0.1, 0.15) is 5.75 Å². The lowest BCUT2D eigenvalue weighted by Gasteiger charge is -2.19. The van der Waals surface area contributed by atoms with Crippen LogP contribution in [0.25, 0.3) is 6.08 Å². The maximum absolute atomic E-state index is 10.2. The zero-order valence-electron chi connectivity index (χ0n) is 14.1. The second-order valence-corrected chi connectivity index (χ2v) is 5.86. The van der Waals surface area contributed by atoms with E-state index in [4.69, 9.17) is 4.74 Å². The maximum Gasteiger partial charge on any atom is 0.115 e. The van der Waals surface area contributed by atoms with Crippen LogP contribution in [0.15, 0.2) is 60.7 Å². The molecule has 2 aromatic rings. The summed E-state index contributed by atoms with van der Waals surface area (Å²) in [6.45, 7) is 2.63. The number of hydrogen-bond acceptors (Lipinski definition) is 3. The Morgan fingerprint density at radius 2 is 1.75 bits per heavy atom. The molecule has 2 N–H and O–H groups in total. The molecule has 0 saturated carbocycles. The van der Waals surface area contributed by atoms with Gasteiger partial charge in [-0.2, -0.15) is 0 Å². The predicted molar refractivity (Wildman–Crippen MR) is 97.9 cm³/mol. The normalized spacial score (nSPS) is 13.9. The fourth-order valence-electron chi connectivity index (χ4n) is 2.63. The van der Waals surface area contributed by atoms with Crippen molar-refractivity contribution in [3.8, 4) is 5.75 Å². The van der Waals surface area contributed by atoms with Crippen molar-refractivity contribution >= 4 is 6.08 Å². The predicted octanol–water partition coefficient (Wildman–Crippen LogP) is 4.19. The van der Waals surface area contributed by atoms with Gasteiger partial charge in [-0.15, -0.1) is 0 Å². The Bertz CT molecular complexity index is 605. The lowest BCUT2D eigenvalue weighted by molar-refractivity contribution is 0.0263. The van der Waals surface area contributed by atoms with Crippen LogP contribution in [0.3, 0.4) is 0 Å². The van der Waals surface area contributed by atoms with Gasteiger partial charge < -0.3 is 14.9 Å². The van der Waals surface area contributed by atoms with Gasteiger partial charge in [-0.3, -0.25) is 0 Å². The van der Waals surface area contributed by atoms with E-state index >= 15 is 0 Å². The van der Waals surface area contributed by atoms with Gasteiger partial charge in [0.25, 0.3) is 0 Å². The first-order valence-electron chi connectivity index (χ1n) is 8.48. The van der Waals surface area contributed by atoms with Gasteiger partial charge in [-0.25, -0.2) is 0 Å². The fraction of sp³-hybridized carbons (Fsp3) is 0.333. The average Bonchev–Trinajstić information content (AvgIpc) is 2.60. The van der Waals surface area contributed by atoms with Gasteiger partial charge in [-0.1, -0.05) is 54.6 Å². The Kier molecular flexibility index (Phi) is 7.53. The van der Waals surface area contributed by atoms with Gasteiger partial charge in [0.2, 0.25) is 0 Å². The van der Waals surface area contributed by atoms with E-state index in [1.165, 1.54) is 5.56 Å². The van der Waals surface area contributed by atoms with Crippen molar-refractivity contribution in [3.05, 3.63) is 71.8 Å². The third-order valence-electron chi connectivity index (χ3n) is 3.91. The van der Waals surface area contributed by atoms with E-state index in [2.05, 4.69) is 12.1 Å². The van der Waals surface area contributed by atoms with Crippen molar-refractivity contribution in [2.24, 2.45) is 0 Å². The molecule has 0 heterocycles. The monoisotopic (exact) mass is 326 g/mol. The summed E-state index contributed by atoms with van der Waals surface area (Å²) in [5, 5.41) is 19.5. The highest BCUT2D eigenvalue weighted by Crippen LogP contribution is 2.15. The molecule has 0 saturated heterocycles. The maximum atomic E-state index is 10.2. The molecule has 0 aliphatic rings. The number of rotatable bonds is 9. The molecular formula is C21H26O3. The van der Waals surface area contributed by atoms with E-state index in [0.717, 1.165) is 18.4 Å². The number of hydrogen-bond donors (Lipinski definition) is 2. The van der Waals surface area contributed by atoms with Crippen molar-refractivity contribution in [2.75, 3.05) is 6.61 Å². The van der Waals surface area contributed by atoms with Crippen molar-refractivity contribution in [1.82, 2.24) is 0 Å². The van der Waals surface area contributed by atoms with Gasteiger partial charge in [0.05, 0.1) is 12.2 Å². The summed E-state index contributed by atoms with van der Waals surface area (Å²) in [7, 11) is 0. The SMILES string of the molecule is CCOC(CCc1ccccc1)CC(O)C=Cc1ccc(O)cc1. The second-order valence-electron chi connectivity index (χ2n) is 5.86. The first-order valence-corrected chi connectivity index (χ1v) is 8.48. The first kappa shape index (κ1) is 18.2. The number of phenols is 1. The number of phenolic OH excluding ortho intramolecular Hbond substituents is 1. The minimum atomic E-state index is -0.550. The Morgan fingerprint density at radius 3 is 2.42 bits per heavy atom. The minimum absolute atomic E-state index is 0.0367. The molecule has 128 valence electrons. The molecule has 2 aromatic carbocycles. The molecule has 0 amide bonds. The van der Waals surface area contributed by atoms with Crippen molar-refractivity contribution in [2.45, 2.75) is 38.4 Å². The highest BCUT2D eigenvalue weighted by molar-refractivity contribution is 5.50. The summed E-state index contributed by atoms with van der Waals surface area (Å²) >= 11 is 0. The number of aryl methyl sites for hydroxylation is 1. The van der Waals surface area contributed by atoms with E-state index in [0.29, 0.717) is 13.0 Å². The van der Waals surface area contributed by atoms with Crippen LogP contribution < -0.4 is 0 Å². The summed E-state index contributed by atoms with van der Waals surface area (Å²) in [5.74, 6) is 0.241. The molecule has 2 rings (SSSR count). The van der Waals surface area contributed by atoms with Gasteiger partial charge in [0, 0.05) is 13.0 Å². The van der Waals surface area contributed by atoms with E-state index in [1.807, 2.05) is 43.3 Å². The largest absolute Gasteiger partial charge is 0.508 e. The number of aromatic hydroxyl groups is 1. The third-order valence-corrected chi connectivity index (χ3v) is 3.91. The highest BCUT2D eigenvalue weighted by atomic mass is 16.5. The highest BCUT2D eigenvalue weighted by Gasteiger charge is 2.13.